The highest BCUT2D eigenvalue weighted by atomic mass is 16.5. The maximum absolute atomic E-state index is 13.7. The van der Waals surface area contributed by atoms with Crippen LogP contribution >= 0.6 is 0 Å². The molecule has 0 radical (unpaired) electrons. The number of aryl methyl sites for hydroxylation is 1. The van der Waals surface area contributed by atoms with Crippen LogP contribution in [0.25, 0.3) is 10.8 Å². The van der Waals surface area contributed by atoms with Gasteiger partial charge >= 0.3 is 0 Å². The molecule has 5 rings (SSSR count). The number of methoxy groups -OCH3 is 1. The van der Waals surface area contributed by atoms with E-state index in [0.29, 0.717) is 0 Å². The fourth-order valence-electron chi connectivity index (χ4n) is 5.92. The van der Waals surface area contributed by atoms with Gasteiger partial charge in [0, 0.05) is 18.7 Å². The largest absolute Gasteiger partial charge is 0.507 e. The molecule has 1 amide bonds. The lowest BCUT2D eigenvalue weighted by Crippen LogP contribution is -2.47. The van der Waals surface area contributed by atoms with Crippen LogP contribution in [0.4, 0.5) is 0 Å². The van der Waals surface area contributed by atoms with Gasteiger partial charge in [0.15, 0.2) is 17.3 Å². The second kappa shape index (κ2) is 9.38. The Morgan fingerprint density at radius 3 is 2.54 bits per heavy atom. The molecule has 0 spiro atoms. The molecule has 0 saturated heterocycles. The molecule has 2 N–H and O–H groups in total. The Hall–Kier alpha value is -4.46. The van der Waals surface area contributed by atoms with Crippen molar-refractivity contribution in [2.24, 2.45) is 5.92 Å². The number of benzene rings is 3. The predicted molar refractivity (Wildman–Crippen MR) is 144 cm³/mol. The van der Waals surface area contributed by atoms with Gasteiger partial charge in [-0.1, -0.05) is 37.3 Å². The van der Waals surface area contributed by atoms with Crippen molar-refractivity contribution in [2.75, 3.05) is 7.11 Å². The SMILES string of the molecule is CCc1c(C)cc2ccccc2c1CNC(=O)c1c(OC)cc(O)c2c1OC1=CC(=O)C(C(C)=O)C(=O)[C@]12C. The van der Waals surface area contributed by atoms with E-state index in [2.05, 4.69) is 18.3 Å². The van der Waals surface area contributed by atoms with Crippen molar-refractivity contribution in [3.63, 3.8) is 0 Å². The molecule has 8 heteroatoms. The minimum absolute atomic E-state index is 0.0172. The number of rotatable bonds is 6. The second-order valence-corrected chi connectivity index (χ2v) is 10.1. The number of phenols is 1. The Morgan fingerprint density at radius 1 is 1.15 bits per heavy atom. The highest BCUT2D eigenvalue weighted by Crippen LogP contribution is 2.56. The van der Waals surface area contributed by atoms with E-state index in [-0.39, 0.29) is 40.7 Å². The van der Waals surface area contributed by atoms with Crippen LogP contribution in [0.2, 0.25) is 0 Å². The summed E-state index contributed by atoms with van der Waals surface area (Å²) in [6, 6.07) is 11.3. The Bertz CT molecular complexity index is 1630. The van der Waals surface area contributed by atoms with Crippen molar-refractivity contribution < 1.29 is 33.8 Å². The molecule has 39 heavy (non-hydrogen) atoms. The molecule has 0 aromatic heterocycles. The first-order valence-electron chi connectivity index (χ1n) is 12.8. The molecule has 3 aromatic rings. The fourth-order valence-corrected chi connectivity index (χ4v) is 5.92. The van der Waals surface area contributed by atoms with Crippen molar-refractivity contribution >= 4 is 34.0 Å². The lowest BCUT2D eigenvalue weighted by Gasteiger charge is -2.30. The Kier molecular flexibility index (Phi) is 6.29. The lowest BCUT2D eigenvalue weighted by atomic mass is 9.67. The number of phenolic OH excluding ortho intramolecular Hbond substituents is 1. The van der Waals surface area contributed by atoms with Gasteiger partial charge in [-0.15, -0.1) is 0 Å². The Balaban J connectivity index is 1.60. The normalized spacial score (nSPS) is 19.7. The minimum atomic E-state index is -1.62. The second-order valence-electron chi connectivity index (χ2n) is 10.1. The van der Waals surface area contributed by atoms with E-state index in [4.69, 9.17) is 9.47 Å². The molecule has 200 valence electrons. The summed E-state index contributed by atoms with van der Waals surface area (Å²) in [4.78, 5) is 52.0. The summed E-state index contributed by atoms with van der Waals surface area (Å²) in [5, 5.41) is 16.0. The van der Waals surface area contributed by atoms with E-state index in [1.807, 2.05) is 31.2 Å². The number of ketones is 3. The van der Waals surface area contributed by atoms with Gasteiger partial charge in [0.25, 0.3) is 5.91 Å². The number of carbonyl (C=O) groups excluding carboxylic acids is 4. The number of carbonyl (C=O) groups is 4. The number of aromatic hydroxyl groups is 1. The summed E-state index contributed by atoms with van der Waals surface area (Å²) in [6.45, 7) is 6.98. The van der Waals surface area contributed by atoms with Gasteiger partial charge in [-0.05, 0) is 54.7 Å². The fraction of sp³-hybridized carbons (Fsp3) is 0.290. The van der Waals surface area contributed by atoms with E-state index in [0.717, 1.165) is 40.0 Å². The summed E-state index contributed by atoms with van der Waals surface area (Å²) in [5.41, 5.74) is 1.64. The van der Waals surface area contributed by atoms with Crippen LogP contribution in [0.1, 0.15) is 53.4 Å². The van der Waals surface area contributed by atoms with E-state index < -0.39 is 34.6 Å². The van der Waals surface area contributed by atoms with Gasteiger partial charge < -0.3 is 19.9 Å². The van der Waals surface area contributed by atoms with E-state index in [9.17, 15) is 24.3 Å². The van der Waals surface area contributed by atoms with Crippen LogP contribution in [0, 0.1) is 12.8 Å². The first-order chi connectivity index (χ1) is 18.5. The van der Waals surface area contributed by atoms with Crippen molar-refractivity contribution in [2.45, 2.75) is 46.1 Å². The average molecular weight is 528 g/mol. The standard InChI is InChI=1S/C31H29NO7/c1-6-18-15(2)11-17-9-7-8-10-19(17)20(18)14-32-30(37)26-23(38-5)12-22(35)27-28(26)39-24-13-21(34)25(16(3)33)29(36)31(24,27)4/h7-13,25,35H,6,14H2,1-5H3,(H,32,37)/t25?,31-/m1/s1. The first-order valence-corrected chi connectivity index (χ1v) is 12.8. The zero-order valence-corrected chi connectivity index (χ0v) is 22.4. The first kappa shape index (κ1) is 26.2. The number of allylic oxidation sites excluding steroid dienone is 2. The molecule has 2 aliphatic rings. The summed E-state index contributed by atoms with van der Waals surface area (Å²) in [5.74, 6) is -4.46. The molecule has 0 saturated carbocycles. The van der Waals surface area contributed by atoms with Gasteiger partial charge in [-0.3, -0.25) is 19.2 Å². The summed E-state index contributed by atoms with van der Waals surface area (Å²) < 4.78 is 11.4. The van der Waals surface area contributed by atoms with Gasteiger partial charge in [0.2, 0.25) is 0 Å². The summed E-state index contributed by atoms with van der Waals surface area (Å²) in [7, 11) is 1.35. The van der Waals surface area contributed by atoms with Crippen molar-refractivity contribution in [1.29, 1.82) is 0 Å². The monoisotopic (exact) mass is 527 g/mol. The molecule has 1 heterocycles. The smallest absolute Gasteiger partial charge is 0.259 e. The quantitative estimate of drug-likeness (QED) is 0.460. The van der Waals surface area contributed by atoms with Crippen molar-refractivity contribution in [1.82, 2.24) is 5.32 Å². The van der Waals surface area contributed by atoms with Gasteiger partial charge in [-0.2, -0.15) is 0 Å². The molecule has 0 fully saturated rings. The molecule has 8 nitrogen and oxygen atoms in total. The van der Waals surface area contributed by atoms with Crippen LogP contribution in [0.5, 0.6) is 17.2 Å². The molecular weight excluding hydrogens is 498 g/mol. The molecule has 1 aliphatic carbocycles. The summed E-state index contributed by atoms with van der Waals surface area (Å²) in [6.07, 6.45) is 1.89. The van der Waals surface area contributed by atoms with Crippen LogP contribution in [0.15, 0.2) is 48.2 Å². The predicted octanol–water partition coefficient (Wildman–Crippen LogP) is 4.25. The molecule has 1 unspecified atom stereocenters. The highest BCUT2D eigenvalue weighted by molar-refractivity contribution is 6.27. The third kappa shape index (κ3) is 3.81. The molecule has 0 bridgehead atoms. The Labute approximate surface area is 225 Å². The van der Waals surface area contributed by atoms with Crippen LogP contribution in [-0.2, 0) is 32.8 Å². The van der Waals surface area contributed by atoms with Crippen molar-refractivity contribution in [3.8, 4) is 17.2 Å². The highest BCUT2D eigenvalue weighted by Gasteiger charge is 2.58. The summed E-state index contributed by atoms with van der Waals surface area (Å²) >= 11 is 0. The van der Waals surface area contributed by atoms with Gasteiger partial charge in [-0.25, -0.2) is 0 Å². The zero-order chi connectivity index (χ0) is 28.2. The Morgan fingerprint density at radius 2 is 1.87 bits per heavy atom. The number of nitrogens with one attached hydrogen (secondary N) is 1. The van der Waals surface area contributed by atoms with Crippen LogP contribution in [-0.4, -0.2) is 35.5 Å². The van der Waals surface area contributed by atoms with Crippen LogP contribution < -0.4 is 14.8 Å². The van der Waals surface area contributed by atoms with Crippen LogP contribution in [0.3, 0.4) is 0 Å². The average Bonchev–Trinajstić information content (AvgIpc) is 3.19. The number of fused-ring (bicyclic) bond motifs is 4. The number of hydrogen-bond acceptors (Lipinski definition) is 7. The molecule has 2 atom stereocenters. The lowest BCUT2D eigenvalue weighted by molar-refractivity contribution is -0.140. The van der Waals surface area contributed by atoms with Gasteiger partial charge in [0.05, 0.1) is 12.7 Å². The molecule has 1 aliphatic heterocycles. The van der Waals surface area contributed by atoms with E-state index >= 15 is 0 Å². The molecular formula is C31H29NO7. The zero-order valence-electron chi connectivity index (χ0n) is 22.4. The minimum Gasteiger partial charge on any atom is -0.507 e. The van der Waals surface area contributed by atoms with E-state index in [1.54, 1.807) is 0 Å². The van der Waals surface area contributed by atoms with Gasteiger partial charge in [0.1, 0.15) is 39.9 Å². The number of ether oxygens (including phenoxy) is 2. The maximum atomic E-state index is 13.7. The third-order valence-corrected chi connectivity index (χ3v) is 7.87. The third-order valence-electron chi connectivity index (χ3n) is 7.87. The number of hydrogen-bond donors (Lipinski definition) is 2. The number of Topliss-reactive ketones (excluding diaryl/α,β-unsaturated/α-hetero) is 2. The molecule has 3 aromatic carbocycles. The topological polar surface area (TPSA) is 119 Å². The van der Waals surface area contributed by atoms with Crippen molar-refractivity contribution in [3.05, 3.63) is 76.1 Å². The van der Waals surface area contributed by atoms with E-state index in [1.165, 1.54) is 27.0 Å². The number of amides is 1. The maximum Gasteiger partial charge on any atom is 0.259 e.